The maximum Gasteiger partial charge on any atom is 0.224 e. The summed E-state index contributed by atoms with van der Waals surface area (Å²) in [5, 5.41) is 0. The number of carbonyl (C=O) groups is 2. The van der Waals surface area contributed by atoms with Crippen molar-refractivity contribution in [2.45, 2.75) is 51.0 Å². The van der Waals surface area contributed by atoms with Gasteiger partial charge in [-0.15, -0.1) is 0 Å². The van der Waals surface area contributed by atoms with E-state index in [-0.39, 0.29) is 11.4 Å². The molecule has 2 heterocycles. The summed E-state index contributed by atoms with van der Waals surface area (Å²) in [6.45, 7) is 7.29. The van der Waals surface area contributed by atoms with Crippen molar-refractivity contribution in [2.75, 3.05) is 53.0 Å². The van der Waals surface area contributed by atoms with Gasteiger partial charge in [-0.2, -0.15) is 0 Å². The third-order valence-corrected chi connectivity index (χ3v) is 6.20. The van der Waals surface area contributed by atoms with Crippen LogP contribution in [0.15, 0.2) is 0 Å². The minimum absolute atomic E-state index is 0.0481. The second-order valence-corrected chi connectivity index (χ2v) is 7.94. The number of carbonyl (C=O) groups excluding carboxylic acids is 2. The van der Waals surface area contributed by atoms with Crippen molar-refractivity contribution < 1.29 is 14.3 Å². The third kappa shape index (κ3) is 4.53. The number of hydrogen-bond acceptors (Lipinski definition) is 4. The van der Waals surface area contributed by atoms with Crippen LogP contribution < -0.4 is 0 Å². The number of likely N-dealkylation sites (tertiary alicyclic amines) is 1. The molecule has 1 spiro atoms. The lowest BCUT2D eigenvalue weighted by atomic mass is 9.86. The molecule has 0 bridgehead atoms. The van der Waals surface area contributed by atoms with E-state index in [1.807, 2.05) is 11.8 Å². The molecule has 0 aromatic rings. The fraction of sp³-hybridized carbons (Fsp3) is 0.895. The van der Waals surface area contributed by atoms with E-state index >= 15 is 0 Å². The van der Waals surface area contributed by atoms with Gasteiger partial charge in [0.1, 0.15) is 0 Å². The predicted octanol–water partition coefficient (Wildman–Crippen LogP) is 1.35. The van der Waals surface area contributed by atoms with Crippen LogP contribution in [0.3, 0.4) is 0 Å². The molecule has 0 unspecified atom stereocenters. The summed E-state index contributed by atoms with van der Waals surface area (Å²) in [5.41, 5.74) is -0.0481. The van der Waals surface area contributed by atoms with Crippen LogP contribution in [-0.4, -0.2) is 85.0 Å². The standard InChI is InChI=1S/C19H33N3O3/c1-3-25-13-7-18(24)22-12-11-20(2)19(15-22)8-6-17(23)21(10-9-19)14-16-4-5-16/h16H,3-15H2,1-2H3/t19-/m1/s1. The Balaban J connectivity index is 1.61. The Morgan fingerprint density at radius 1 is 1.24 bits per heavy atom. The highest BCUT2D eigenvalue weighted by molar-refractivity contribution is 5.77. The zero-order chi connectivity index (χ0) is 17.9. The van der Waals surface area contributed by atoms with Crippen LogP contribution in [0.5, 0.6) is 0 Å². The molecule has 3 aliphatic rings. The zero-order valence-electron chi connectivity index (χ0n) is 15.8. The molecule has 1 aliphatic carbocycles. The van der Waals surface area contributed by atoms with Crippen LogP contribution in [0.4, 0.5) is 0 Å². The molecule has 2 amide bonds. The summed E-state index contributed by atoms with van der Waals surface area (Å²) in [4.78, 5) is 31.5. The summed E-state index contributed by atoms with van der Waals surface area (Å²) in [5.74, 6) is 1.22. The molecule has 0 radical (unpaired) electrons. The second-order valence-electron chi connectivity index (χ2n) is 7.94. The van der Waals surface area contributed by atoms with E-state index in [0.29, 0.717) is 32.0 Å². The first-order valence-electron chi connectivity index (χ1n) is 9.88. The van der Waals surface area contributed by atoms with E-state index < -0.39 is 0 Å². The van der Waals surface area contributed by atoms with Crippen LogP contribution in [0.1, 0.15) is 45.4 Å². The molecule has 3 fully saturated rings. The lowest BCUT2D eigenvalue weighted by molar-refractivity contribution is -0.138. The molecule has 6 heteroatoms. The predicted molar refractivity (Wildman–Crippen MR) is 96.2 cm³/mol. The van der Waals surface area contributed by atoms with Crippen molar-refractivity contribution in [1.29, 1.82) is 0 Å². The van der Waals surface area contributed by atoms with Crippen molar-refractivity contribution in [1.82, 2.24) is 14.7 Å². The van der Waals surface area contributed by atoms with Gasteiger partial charge >= 0.3 is 0 Å². The van der Waals surface area contributed by atoms with Gasteiger partial charge in [-0.1, -0.05) is 0 Å². The van der Waals surface area contributed by atoms with Crippen molar-refractivity contribution in [3.05, 3.63) is 0 Å². The summed E-state index contributed by atoms with van der Waals surface area (Å²) in [6.07, 6.45) is 5.45. The van der Waals surface area contributed by atoms with Gasteiger partial charge in [-0.3, -0.25) is 14.5 Å². The van der Waals surface area contributed by atoms with Crippen LogP contribution in [0.25, 0.3) is 0 Å². The molecule has 1 atom stereocenters. The Hall–Kier alpha value is -1.14. The summed E-state index contributed by atoms with van der Waals surface area (Å²) >= 11 is 0. The van der Waals surface area contributed by atoms with Gasteiger partial charge in [0, 0.05) is 51.3 Å². The number of nitrogens with zero attached hydrogens (tertiary/aromatic N) is 3. The fourth-order valence-electron chi connectivity index (χ4n) is 4.17. The molecule has 2 aliphatic heterocycles. The van der Waals surface area contributed by atoms with E-state index in [2.05, 4.69) is 16.8 Å². The van der Waals surface area contributed by atoms with Crippen LogP contribution >= 0.6 is 0 Å². The summed E-state index contributed by atoms with van der Waals surface area (Å²) < 4.78 is 5.33. The lowest BCUT2D eigenvalue weighted by Gasteiger charge is -2.49. The normalized spacial score (nSPS) is 28.5. The quantitative estimate of drug-likeness (QED) is 0.678. The first-order chi connectivity index (χ1) is 12.0. The Morgan fingerprint density at radius 2 is 2.04 bits per heavy atom. The van der Waals surface area contributed by atoms with E-state index in [1.54, 1.807) is 0 Å². The van der Waals surface area contributed by atoms with Gasteiger partial charge in [0.2, 0.25) is 11.8 Å². The van der Waals surface area contributed by atoms with E-state index in [1.165, 1.54) is 12.8 Å². The van der Waals surface area contributed by atoms with Crippen molar-refractivity contribution in [3.63, 3.8) is 0 Å². The number of ether oxygens (including phenoxy) is 1. The Morgan fingerprint density at radius 3 is 2.76 bits per heavy atom. The minimum atomic E-state index is -0.0481. The van der Waals surface area contributed by atoms with Crippen LogP contribution in [-0.2, 0) is 14.3 Å². The van der Waals surface area contributed by atoms with Crippen molar-refractivity contribution in [3.8, 4) is 0 Å². The van der Waals surface area contributed by atoms with Crippen molar-refractivity contribution in [2.24, 2.45) is 5.92 Å². The number of amides is 2. The molecular formula is C19H33N3O3. The van der Waals surface area contributed by atoms with Gasteiger partial charge < -0.3 is 14.5 Å². The number of hydrogen-bond donors (Lipinski definition) is 0. The Kier molecular flexibility index (Phi) is 6.00. The van der Waals surface area contributed by atoms with Gasteiger partial charge in [-0.05, 0) is 45.6 Å². The summed E-state index contributed by atoms with van der Waals surface area (Å²) in [6, 6.07) is 0. The minimum Gasteiger partial charge on any atom is -0.381 e. The maximum absolute atomic E-state index is 12.5. The number of piperazine rings is 1. The topological polar surface area (TPSA) is 53.1 Å². The van der Waals surface area contributed by atoms with Crippen LogP contribution in [0, 0.1) is 5.92 Å². The SMILES string of the molecule is CCOCCC(=O)N1CCN(C)[C@@]2(CCC(=O)N(CC3CC3)CC2)C1. The van der Waals surface area contributed by atoms with E-state index in [0.717, 1.165) is 51.5 Å². The highest BCUT2D eigenvalue weighted by Crippen LogP contribution is 2.35. The monoisotopic (exact) mass is 351 g/mol. The van der Waals surface area contributed by atoms with E-state index in [4.69, 9.17) is 4.74 Å². The molecule has 6 nitrogen and oxygen atoms in total. The molecule has 2 saturated heterocycles. The van der Waals surface area contributed by atoms with Gasteiger partial charge in [0.25, 0.3) is 0 Å². The third-order valence-electron chi connectivity index (χ3n) is 6.20. The Bertz CT molecular complexity index is 494. The largest absolute Gasteiger partial charge is 0.381 e. The average Bonchev–Trinajstić information content (AvgIpc) is 3.43. The Labute approximate surface area is 151 Å². The maximum atomic E-state index is 12.5. The smallest absolute Gasteiger partial charge is 0.224 e. The molecule has 1 saturated carbocycles. The van der Waals surface area contributed by atoms with Crippen LogP contribution in [0.2, 0.25) is 0 Å². The molecule has 0 aromatic heterocycles. The molecular weight excluding hydrogens is 318 g/mol. The molecule has 142 valence electrons. The highest BCUT2D eigenvalue weighted by Gasteiger charge is 2.43. The van der Waals surface area contributed by atoms with Gasteiger partial charge in [0.05, 0.1) is 13.0 Å². The first-order valence-corrected chi connectivity index (χ1v) is 9.88. The van der Waals surface area contributed by atoms with Gasteiger partial charge in [-0.25, -0.2) is 0 Å². The number of rotatable bonds is 6. The lowest BCUT2D eigenvalue weighted by Crippen LogP contribution is -2.62. The highest BCUT2D eigenvalue weighted by atomic mass is 16.5. The fourth-order valence-corrected chi connectivity index (χ4v) is 4.17. The second kappa shape index (κ2) is 8.04. The zero-order valence-corrected chi connectivity index (χ0v) is 15.8. The molecule has 0 aromatic carbocycles. The molecule has 25 heavy (non-hydrogen) atoms. The summed E-state index contributed by atoms with van der Waals surface area (Å²) in [7, 11) is 2.16. The average molecular weight is 351 g/mol. The van der Waals surface area contributed by atoms with Crippen molar-refractivity contribution >= 4 is 11.8 Å². The van der Waals surface area contributed by atoms with Gasteiger partial charge in [0.15, 0.2) is 0 Å². The first kappa shape index (κ1) is 18.6. The molecule has 0 N–H and O–H groups in total. The molecule has 3 rings (SSSR count). The number of likely N-dealkylation sites (N-methyl/N-ethyl adjacent to an activating group) is 1. The van der Waals surface area contributed by atoms with E-state index in [9.17, 15) is 9.59 Å².